The minimum absolute atomic E-state index is 0.0788. The molecule has 1 aromatic carbocycles. The van der Waals surface area contributed by atoms with Crippen LogP contribution >= 0.6 is 11.6 Å². The van der Waals surface area contributed by atoms with Crippen LogP contribution in [0.25, 0.3) is 11.0 Å². The SMILES string of the molecule is CN1CCCC1Cn1c(N)nc2cc(Cl)c(F)cc21. The number of nitrogens with two attached hydrogens (primary N) is 1. The van der Waals surface area contributed by atoms with E-state index in [-0.39, 0.29) is 5.02 Å². The molecule has 6 heteroatoms. The summed E-state index contributed by atoms with van der Waals surface area (Å²) in [7, 11) is 2.10. The average molecular weight is 283 g/mol. The Bertz CT molecular complexity index is 625. The molecule has 1 aliphatic rings. The molecule has 102 valence electrons. The summed E-state index contributed by atoms with van der Waals surface area (Å²) in [5.74, 6) is -0.0212. The topological polar surface area (TPSA) is 47.1 Å². The van der Waals surface area contributed by atoms with Crippen LogP contribution in [0.3, 0.4) is 0 Å². The van der Waals surface area contributed by atoms with Crippen LogP contribution in [0, 0.1) is 5.82 Å². The smallest absolute Gasteiger partial charge is 0.201 e. The van der Waals surface area contributed by atoms with E-state index in [2.05, 4.69) is 16.9 Å². The number of imidazole rings is 1. The third-order valence-electron chi connectivity index (χ3n) is 3.88. The molecule has 0 amide bonds. The quantitative estimate of drug-likeness (QED) is 0.921. The molecule has 1 saturated heterocycles. The first kappa shape index (κ1) is 12.7. The standard InChI is InChI=1S/C13H16ClFN4/c1-18-4-2-3-8(18)7-19-12-6-10(15)9(14)5-11(12)17-13(19)16/h5-6,8H,2-4,7H2,1H3,(H2,16,17). The Balaban J connectivity index is 2.02. The maximum Gasteiger partial charge on any atom is 0.201 e. The van der Waals surface area contributed by atoms with E-state index in [4.69, 9.17) is 17.3 Å². The first-order valence-corrected chi connectivity index (χ1v) is 6.75. The van der Waals surface area contributed by atoms with Gasteiger partial charge >= 0.3 is 0 Å². The molecule has 0 radical (unpaired) electrons. The lowest BCUT2D eigenvalue weighted by Crippen LogP contribution is -2.29. The Hall–Kier alpha value is -1.33. The number of likely N-dealkylation sites (N-methyl/N-ethyl adjacent to an activating group) is 1. The molecule has 0 bridgehead atoms. The molecule has 0 saturated carbocycles. The monoisotopic (exact) mass is 282 g/mol. The van der Waals surface area contributed by atoms with E-state index in [0.29, 0.717) is 23.0 Å². The van der Waals surface area contributed by atoms with Crippen molar-refractivity contribution in [1.29, 1.82) is 0 Å². The largest absolute Gasteiger partial charge is 0.369 e. The Morgan fingerprint density at radius 2 is 2.32 bits per heavy atom. The van der Waals surface area contributed by atoms with Crippen LogP contribution in [0.4, 0.5) is 10.3 Å². The van der Waals surface area contributed by atoms with E-state index in [1.165, 1.54) is 18.6 Å². The van der Waals surface area contributed by atoms with E-state index >= 15 is 0 Å². The molecule has 2 heterocycles. The first-order chi connectivity index (χ1) is 9.06. The van der Waals surface area contributed by atoms with Gasteiger partial charge in [-0.05, 0) is 32.5 Å². The number of nitrogens with zero attached hydrogens (tertiary/aromatic N) is 3. The molecule has 1 fully saturated rings. The minimum atomic E-state index is -0.435. The number of nitrogen functional groups attached to an aromatic ring is 1. The summed E-state index contributed by atoms with van der Waals surface area (Å²) in [6.07, 6.45) is 2.32. The van der Waals surface area contributed by atoms with E-state index in [9.17, 15) is 4.39 Å². The van der Waals surface area contributed by atoms with Gasteiger partial charge in [-0.2, -0.15) is 0 Å². The maximum absolute atomic E-state index is 13.6. The van der Waals surface area contributed by atoms with Crippen molar-refractivity contribution in [2.24, 2.45) is 0 Å². The van der Waals surface area contributed by atoms with Crippen LogP contribution in [-0.4, -0.2) is 34.1 Å². The third-order valence-corrected chi connectivity index (χ3v) is 4.17. The van der Waals surface area contributed by atoms with E-state index < -0.39 is 5.82 Å². The van der Waals surface area contributed by atoms with Crippen molar-refractivity contribution >= 4 is 28.6 Å². The van der Waals surface area contributed by atoms with Crippen molar-refractivity contribution in [3.8, 4) is 0 Å². The lowest BCUT2D eigenvalue weighted by Gasteiger charge is -2.20. The third kappa shape index (κ3) is 2.17. The zero-order valence-electron chi connectivity index (χ0n) is 10.7. The molecule has 19 heavy (non-hydrogen) atoms. The van der Waals surface area contributed by atoms with Gasteiger partial charge in [-0.25, -0.2) is 9.37 Å². The number of benzene rings is 1. The fourth-order valence-electron chi connectivity index (χ4n) is 2.75. The predicted octanol–water partition coefficient (Wildman–Crippen LogP) is 2.51. The van der Waals surface area contributed by atoms with Crippen LogP contribution < -0.4 is 5.73 Å². The average Bonchev–Trinajstić information content (AvgIpc) is 2.88. The van der Waals surface area contributed by atoms with E-state index in [1.807, 2.05) is 4.57 Å². The fraction of sp³-hybridized carbons (Fsp3) is 0.462. The van der Waals surface area contributed by atoms with Gasteiger partial charge in [0.1, 0.15) is 5.82 Å². The summed E-state index contributed by atoms with van der Waals surface area (Å²) in [5.41, 5.74) is 7.30. The predicted molar refractivity (Wildman–Crippen MR) is 74.8 cm³/mol. The summed E-state index contributed by atoms with van der Waals surface area (Å²) < 4.78 is 15.5. The van der Waals surface area contributed by atoms with Gasteiger partial charge in [0.15, 0.2) is 0 Å². The van der Waals surface area contributed by atoms with Crippen LogP contribution in [0.2, 0.25) is 5.02 Å². The number of aromatic nitrogens is 2. The van der Waals surface area contributed by atoms with Gasteiger partial charge in [-0.1, -0.05) is 11.6 Å². The summed E-state index contributed by atoms with van der Waals surface area (Å²) >= 11 is 5.77. The number of hydrogen-bond acceptors (Lipinski definition) is 3. The zero-order chi connectivity index (χ0) is 13.6. The molecule has 2 N–H and O–H groups in total. The van der Waals surface area contributed by atoms with Crippen LogP contribution in [-0.2, 0) is 6.54 Å². The fourth-order valence-corrected chi connectivity index (χ4v) is 2.91. The Morgan fingerprint density at radius 1 is 1.53 bits per heavy atom. The van der Waals surface area contributed by atoms with Crippen LogP contribution in [0.5, 0.6) is 0 Å². The normalized spacial score (nSPS) is 20.5. The number of rotatable bonds is 2. The Labute approximate surface area is 116 Å². The molecular weight excluding hydrogens is 267 g/mol. The number of likely N-dealkylation sites (tertiary alicyclic amines) is 1. The molecule has 2 aromatic rings. The van der Waals surface area contributed by atoms with Crippen molar-refractivity contribution in [2.75, 3.05) is 19.3 Å². The van der Waals surface area contributed by atoms with Crippen LogP contribution in [0.1, 0.15) is 12.8 Å². The number of anilines is 1. The van der Waals surface area contributed by atoms with Crippen molar-refractivity contribution < 1.29 is 4.39 Å². The molecule has 0 aliphatic carbocycles. The molecular formula is C13H16ClFN4. The highest BCUT2D eigenvalue weighted by molar-refractivity contribution is 6.31. The highest BCUT2D eigenvalue weighted by Gasteiger charge is 2.23. The minimum Gasteiger partial charge on any atom is -0.369 e. The van der Waals surface area contributed by atoms with Gasteiger partial charge in [-0.3, -0.25) is 0 Å². The maximum atomic E-state index is 13.6. The molecule has 1 atom stereocenters. The van der Waals surface area contributed by atoms with Crippen molar-refractivity contribution in [2.45, 2.75) is 25.4 Å². The summed E-state index contributed by atoms with van der Waals surface area (Å²) in [5, 5.41) is 0.0788. The van der Waals surface area contributed by atoms with Gasteiger partial charge in [0.2, 0.25) is 5.95 Å². The number of hydrogen-bond donors (Lipinski definition) is 1. The van der Waals surface area contributed by atoms with Crippen molar-refractivity contribution in [3.05, 3.63) is 23.0 Å². The second-order valence-electron chi connectivity index (χ2n) is 5.11. The second kappa shape index (κ2) is 4.65. The van der Waals surface area contributed by atoms with Gasteiger partial charge in [0.25, 0.3) is 0 Å². The summed E-state index contributed by atoms with van der Waals surface area (Å²) in [4.78, 5) is 6.56. The molecule has 0 spiro atoms. The number of fused-ring (bicyclic) bond motifs is 1. The highest BCUT2D eigenvalue weighted by Crippen LogP contribution is 2.26. The van der Waals surface area contributed by atoms with Gasteiger partial charge in [0.05, 0.1) is 16.1 Å². The second-order valence-corrected chi connectivity index (χ2v) is 5.52. The summed E-state index contributed by atoms with van der Waals surface area (Å²) in [6, 6.07) is 3.37. The lowest BCUT2D eigenvalue weighted by molar-refractivity contribution is 0.285. The Kier molecular flexibility index (Phi) is 3.11. The van der Waals surface area contributed by atoms with Gasteiger partial charge in [0, 0.05) is 18.7 Å². The molecule has 3 rings (SSSR count). The van der Waals surface area contributed by atoms with Crippen molar-refractivity contribution in [3.63, 3.8) is 0 Å². The zero-order valence-corrected chi connectivity index (χ0v) is 11.5. The van der Waals surface area contributed by atoms with Crippen molar-refractivity contribution in [1.82, 2.24) is 14.5 Å². The van der Waals surface area contributed by atoms with Gasteiger partial charge < -0.3 is 15.2 Å². The highest BCUT2D eigenvalue weighted by atomic mass is 35.5. The first-order valence-electron chi connectivity index (χ1n) is 6.37. The molecule has 1 aliphatic heterocycles. The molecule has 1 unspecified atom stereocenters. The summed E-state index contributed by atoms with van der Waals surface area (Å²) in [6.45, 7) is 1.83. The van der Waals surface area contributed by atoms with E-state index in [0.717, 1.165) is 19.5 Å². The number of halogens is 2. The lowest BCUT2D eigenvalue weighted by atomic mass is 10.2. The van der Waals surface area contributed by atoms with Gasteiger partial charge in [-0.15, -0.1) is 0 Å². The Morgan fingerprint density at radius 3 is 3.00 bits per heavy atom. The van der Waals surface area contributed by atoms with Crippen LogP contribution in [0.15, 0.2) is 12.1 Å². The molecule has 1 aromatic heterocycles. The van der Waals surface area contributed by atoms with E-state index in [1.54, 1.807) is 0 Å². The molecule has 4 nitrogen and oxygen atoms in total.